The Hall–Kier alpha value is -1.27. The van der Waals surface area contributed by atoms with Crippen molar-refractivity contribution in [3.8, 4) is 11.4 Å². The Kier molecular flexibility index (Phi) is 2.79. The number of hydrogen-bond donors (Lipinski definition) is 1. The second-order valence-corrected chi connectivity index (χ2v) is 3.65. The van der Waals surface area contributed by atoms with Gasteiger partial charge in [0.15, 0.2) is 0 Å². The predicted molar refractivity (Wildman–Crippen MR) is 53.3 cm³/mol. The second kappa shape index (κ2) is 4.08. The number of aliphatic hydroxyl groups excluding tert-OH is 1. The maximum Gasteiger partial charge on any atom is 0.252 e. The summed E-state index contributed by atoms with van der Waals surface area (Å²) in [4.78, 5) is 3.90. The van der Waals surface area contributed by atoms with Crippen molar-refractivity contribution in [2.45, 2.75) is 6.61 Å². The Morgan fingerprint density at radius 2 is 2.27 bits per heavy atom. The number of aromatic nitrogens is 2. The zero-order chi connectivity index (χ0) is 10.8. The summed E-state index contributed by atoms with van der Waals surface area (Å²) in [5.41, 5.74) is 0.617. The van der Waals surface area contributed by atoms with Crippen LogP contribution in [0.5, 0.6) is 0 Å². The van der Waals surface area contributed by atoms with E-state index in [2.05, 4.69) is 26.1 Å². The van der Waals surface area contributed by atoms with Crippen molar-refractivity contribution in [1.29, 1.82) is 0 Å². The molecule has 0 amide bonds. The van der Waals surface area contributed by atoms with Crippen molar-refractivity contribution in [1.82, 2.24) is 10.1 Å². The Morgan fingerprint density at radius 1 is 1.47 bits per heavy atom. The molecule has 0 fully saturated rings. The lowest BCUT2D eigenvalue weighted by atomic mass is 10.2. The lowest BCUT2D eigenvalue weighted by molar-refractivity contribution is 0.222. The third-order valence-electron chi connectivity index (χ3n) is 1.78. The highest BCUT2D eigenvalue weighted by molar-refractivity contribution is 9.10. The highest BCUT2D eigenvalue weighted by Crippen LogP contribution is 2.23. The largest absolute Gasteiger partial charge is 0.387 e. The smallest absolute Gasteiger partial charge is 0.252 e. The number of benzene rings is 1. The molecule has 78 valence electrons. The zero-order valence-electron chi connectivity index (χ0n) is 7.44. The highest BCUT2D eigenvalue weighted by atomic mass is 79.9. The summed E-state index contributed by atoms with van der Waals surface area (Å²) in [6.45, 7) is -0.310. The van der Waals surface area contributed by atoms with Crippen LogP contribution in [0.1, 0.15) is 5.89 Å². The van der Waals surface area contributed by atoms with Gasteiger partial charge in [-0.15, -0.1) is 0 Å². The van der Waals surface area contributed by atoms with E-state index in [0.29, 0.717) is 15.9 Å². The summed E-state index contributed by atoms with van der Waals surface area (Å²) in [6, 6.07) is 4.38. The van der Waals surface area contributed by atoms with Crippen LogP contribution in [-0.4, -0.2) is 15.2 Å². The summed E-state index contributed by atoms with van der Waals surface area (Å²) in [6.07, 6.45) is 0. The van der Waals surface area contributed by atoms with E-state index in [4.69, 9.17) is 9.63 Å². The number of halogens is 2. The number of aliphatic hydroxyl groups is 1. The SMILES string of the molecule is OCc1nc(-c2ccc(F)c(Br)c2)no1. The van der Waals surface area contributed by atoms with Crippen LogP contribution in [0, 0.1) is 5.82 Å². The number of nitrogens with zero attached hydrogens (tertiary/aromatic N) is 2. The first-order chi connectivity index (χ1) is 7.20. The molecule has 0 unspecified atom stereocenters. The maximum atomic E-state index is 12.9. The number of rotatable bonds is 2. The van der Waals surface area contributed by atoms with E-state index in [1.165, 1.54) is 12.1 Å². The summed E-state index contributed by atoms with van der Waals surface area (Å²) < 4.78 is 18.0. The fourth-order valence-electron chi connectivity index (χ4n) is 1.07. The van der Waals surface area contributed by atoms with Crippen LogP contribution in [0.25, 0.3) is 11.4 Å². The molecule has 1 aromatic heterocycles. The molecule has 15 heavy (non-hydrogen) atoms. The normalized spacial score (nSPS) is 10.6. The van der Waals surface area contributed by atoms with Crippen molar-refractivity contribution >= 4 is 15.9 Å². The van der Waals surface area contributed by atoms with Crippen LogP contribution < -0.4 is 0 Å². The molecule has 1 aromatic carbocycles. The molecule has 2 aromatic rings. The minimum atomic E-state index is -0.357. The van der Waals surface area contributed by atoms with Crippen molar-refractivity contribution in [2.24, 2.45) is 0 Å². The summed E-state index contributed by atoms with van der Waals surface area (Å²) >= 11 is 3.06. The molecule has 0 radical (unpaired) electrons. The Bertz CT molecular complexity index is 487. The first kappa shape index (κ1) is 10.3. The van der Waals surface area contributed by atoms with Gasteiger partial charge in [-0.25, -0.2) is 4.39 Å². The van der Waals surface area contributed by atoms with Crippen molar-refractivity contribution in [3.05, 3.63) is 34.4 Å². The fraction of sp³-hybridized carbons (Fsp3) is 0.111. The molecule has 0 saturated carbocycles. The molecule has 2 rings (SSSR count). The second-order valence-electron chi connectivity index (χ2n) is 2.80. The molecule has 4 nitrogen and oxygen atoms in total. The van der Waals surface area contributed by atoms with E-state index in [-0.39, 0.29) is 18.3 Å². The third kappa shape index (κ3) is 2.05. The van der Waals surface area contributed by atoms with Crippen LogP contribution in [-0.2, 0) is 6.61 Å². The summed E-state index contributed by atoms with van der Waals surface area (Å²) in [5.74, 6) is 0.0924. The van der Waals surface area contributed by atoms with Gasteiger partial charge in [0.1, 0.15) is 12.4 Å². The monoisotopic (exact) mass is 272 g/mol. The quantitative estimate of drug-likeness (QED) is 0.910. The van der Waals surface area contributed by atoms with Crippen LogP contribution in [0.2, 0.25) is 0 Å². The van der Waals surface area contributed by atoms with Gasteiger partial charge in [0, 0.05) is 5.56 Å². The highest BCUT2D eigenvalue weighted by Gasteiger charge is 2.09. The molecule has 1 N–H and O–H groups in total. The van der Waals surface area contributed by atoms with Gasteiger partial charge in [0.25, 0.3) is 5.89 Å². The van der Waals surface area contributed by atoms with Gasteiger partial charge < -0.3 is 9.63 Å². The fourth-order valence-corrected chi connectivity index (χ4v) is 1.45. The lowest BCUT2D eigenvalue weighted by Crippen LogP contribution is -1.85. The van der Waals surface area contributed by atoms with Crippen molar-refractivity contribution < 1.29 is 14.0 Å². The molecular weight excluding hydrogens is 267 g/mol. The summed E-state index contributed by atoms with van der Waals surface area (Å²) in [5, 5.41) is 12.4. The predicted octanol–water partition coefficient (Wildman–Crippen LogP) is 2.13. The van der Waals surface area contributed by atoms with Gasteiger partial charge in [-0.05, 0) is 34.1 Å². The van der Waals surface area contributed by atoms with Gasteiger partial charge in [0.2, 0.25) is 5.82 Å². The van der Waals surface area contributed by atoms with E-state index < -0.39 is 0 Å². The zero-order valence-corrected chi connectivity index (χ0v) is 9.03. The lowest BCUT2D eigenvalue weighted by Gasteiger charge is -1.96. The maximum absolute atomic E-state index is 12.9. The molecule has 6 heteroatoms. The molecule has 0 aliphatic heterocycles. The minimum Gasteiger partial charge on any atom is -0.387 e. The Labute approximate surface area is 92.9 Å². The molecule has 1 heterocycles. The van der Waals surface area contributed by atoms with E-state index >= 15 is 0 Å². The van der Waals surface area contributed by atoms with Crippen molar-refractivity contribution in [2.75, 3.05) is 0 Å². The first-order valence-corrected chi connectivity index (χ1v) is 4.89. The minimum absolute atomic E-state index is 0.130. The van der Waals surface area contributed by atoms with Crippen molar-refractivity contribution in [3.63, 3.8) is 0 Å². The van der Waals surface area contributed by atoms with Crippen LogP contribution >= 0.6 is 15.9 Å². The van der Waals surface area contributed by atoms with Gasteiger partial charge >= 0.3 is 0 Å². The van der Waals surface area contributed by atoms with Gasteiger partial charge in [-0.2, -0.15) is 4.98 Å². The third-order valence-corrected chi connectivity index (χ3v) is 2.39. The van der Waals surface area contributed by atoms with Gasteiger partial charge in [-0.1, -0.05) is 5.16 Å². The first-order valence-electron chi connectivity index (χ1n) is 4.09. The molecule has 0 aliphatic rings. The molecular formula is C9H6BrFN2O2. The van der Waals surface area contributed by atoms with E-state index in [1.54, 1.807) is 6.07 Å². The van der Waals surface area contributed by atoms with Gasteiger partial charge in [0.05, 0.1) is 4.47 Å². The molecule has 0 aliphatic carbocycles. The average Bonchev–Trinajstić information content (AvgIpc) is 2.70. The Balaban J connectivity index is 2.40. The van der Waals surface area contributed by atoms with E-state index in [9.17, 15) is 4.39 Å². The molecule has 0 spiro atoms. The van der Waals surface area contributed by atoms with Crippen LogP contribution in [0.15, 0.2) is 27.2 Å². The van der Waals surface area contributed by atoms with E-state index in [1.807, 2.05) is 0 Å². The topological polar surface area (TPSA) is 59.2 Å². The standard InChI is InChI=1S/C9H6BrFN2O2/c10-6-3-5(1-2-7(6)11)9-12-8(4-14)15-13-9/h1-3,14H,4H2. The molecule has 0 saturated heterocycles. The average molecular weight is 273 g/mol. The number of hydrogen-bond acceptors (Lipinski definition) is 4. The van der Waals surface area contributed by atoms with Crippen LogP contribution in [0.3, 0.4) is 0 Å². The van der Waals surface area contributed by atoms with E-state index in [0.717, 1.165) is 0 Å². The Morgan fingerprint density at radius 3 is 2.87 bits per heavy atom. The van der Waals surface area contributed by atoms with Gasteiger partial charge in [-0.3, -0.25) is 0 Å². The molecule has 0 bridgehead atoms. The summed E-state index contributed by atoms with van der Waals surface area (Å²) in [7, 11) is 0. The molecule has 0 atom stereocenters. The van der Waals surface area contributed by atoms with Crippen LogP contribution in [0.4, 0.5) is 4.39 Å².